The molecule has 18 heavy (non-hydrogen) atoms. The van der Waals surface area contributed by atoms with E-state index in [4.69, 9.17) is 4.74 Å². The van der Waals surface area contributed by atoms with Crippen LogP contribution in [0.15, 0.2) is 36.7 Å². The molecule has 3 nitrogen and oxygen atoms in total. The smallest absolute Gasteiger partial charge is 0.0594 e. The Morgan fingerprint density at radius 2 is 2.17 bits per heavy atom. The summed E-state index contributed by atoms with van der Waals surface area (Å²) in [5.74, 6) is 0. The summed E-state index contributed by atoms with van der Waals surface area (Å²) in [5, 5.41) is 5.86. The zero-order chi connectivity index (χ0) is 12.8. The lowest BCUT2D eigenvalue weighted by atomic mass is 10.1. The molecule has 0 atom stereocenters. The molecule has 1 aromatic heterocycles. The number of nitrogens with zero attached hydrogens (tertiary/aromatic N) is 1. The molecule has 0 unspecified atom stereocenters. The number of pyridine rings is 1. The molecule has 2 rings (SSSR count). The van der Waals surface area contributed by atoms with E-state index in [1.54, 1.807) is 0 Å². The molecule has 0 aliphatic rings. The van der Waals surface area contributed by atoms with E-state index in [0.717, 1.165) is 19.7 Å². The van der Waals surface area contributed by atoms with Crippen LogP contribution in [0.3, 0.4) is 0 Å². The van der Waals surface area contributed by atoms with Crippen molar-refractivity contribution >= 4 is 10.8 Å². The van der Waals surface area contributed by atoms with Crippen LogP contribution < -0.4 is 5.32 Å². The van der Waals surface area contributed by atoms with Crippen molar-refractivity contribution in [3.8, 4) is 0 Å². The maximum atomic E-state index is 5.49. The van der Waals surface area contributed by atoms with E-state index >= 15 is 0 Å². The van der Waals surface area contributed by atoms with Crippen LogP contribution in [0.5, 0.6) is 0 Å². The number of ether oxygens (including phenoxy) is 1. The van der Waals surface area contributed by atoms with Crippen LogP contribution in [0.25, 0.3) is 10.8 Å². The summed E-state index contributed by atoms with van der Waals surface area (Å²) in [5.41, 5.74) is 1.31. The lowest BCUT2D eigenvalue weighted by Crippen LogP contribution is -2.21. The van der Waals surface area contributed by atoms with Gasteiger partial charge in [-0.1, -0.05) is 18.2 Å². The lowest BCUT2D eigenvalue weighted by molar-refractivity contribution is 0.0807. The standard InChI is InChI=1S/C15H20N2O/c1-12(2)18-9-8-17-11-14-5-3-4-13-10-16-7-6-15(13)14/h3-7,10,12,17H,8-9,11H2,1-2H3. The van der Waals surface area contributed by atoms with Crippen molar-refractivity contribution < 1.29 is 4.74 Å². The quantitative estimate of drug-likeness (QED) is 0.793. The molecule has 3 heteroatoms. The Balaban J connectivity index is 1.91. The number of nitrogens with one attached hydrogen (secondary N) is 1. The number of rotatable bonds is 6. The van der Waals surface area contributed by atoms with Crippen LogP contribution in [-0.2, 0) is 11.3 Å². The summed E-state index contributed by atoms with van der Waals surface area (Å²) in [4.78, 5) is 4.14. The topological polar surface area (TPSA) is 34.1 Å². The molecule has 2 aromatic rings. The average Bonchev–Trinajstić information content (AvgIpc) is 2.38. The summed E-state index contributed by atoms with van der Waals surface area (Å²) in [6, 6.07) is 8.38. The summed E-state index contributed by atoms with van der Waals surface area (Å²) < 4.78 is 5.49. The minimum atomic E-state index is 0.301. The maximum absolute atomic E-state index is 5.49. The highest BCUT2D eigenvalue weighted by Crippen LogP contribution is 2.16. The molecule has 0 fully saturated rings. The van der Waals surface area contributed by atoms with Gasteiger partial charge >= 0.3 is 0 Å². The van der Waals surface area contributed by atoms with Gasteiger partial charge in [0.25, 0.3) is 0 Å². The molecule has 0 aliphatic heterocycles. The highest BCUT2D eigenvalue weighted by molar-refractivity contribution is 5.84. The van der Waals surface area contributed by atoms with E-state index in [1.165, 1.54) is 16.3 Å². The molecular weight excluding hydrogens is 224 g/mol. The number of hydrogen-bond acceptors (Lipinski definition) is 3. The Bertz CT molecular complexity index is 491. The molecule has 0 saturated heterocycles. The van der Waals surface area contributed by atoms with E-state index in [2.05, 4.69) is 48.4 Å². The third kappa shape index (κ3) is 3.52. The Kier molecular flexibility index (Phi) is 4.67. The molecule has 0 radical (unpaired) electrons. The fraction of sp³-hybridized carbons (Fsp3) is 0.400. The van der Waals surface area contributed by atoms with E-state index in [0.29, 0.717) is 6.10 Å². The fourth-order valence-corrected chi connectivity index (χ4v) is 1.93. The second-order valence-electron chi connectivity index (χ2n) is 4.61. The highest BCUT2D eigenvalue weighted by Gasteiger charge is 2.00. The van der Waals surface area contributed by atoms with Crippen molar-refractivity contribution in [1.29, 1.82) is 0 Å². The third-order valence-corrected chi connectivity index (χ3v) is 2.82. The summed E-state index contributed by atoms with van der Waals surface area (Å²) in [6.07, 6.45) is 4.05. The molecule has 0 bridgehead atoms. The number of hydrogen-bond donors (Lipinski definition) is 1. The minimum absolute atomic E-state index is 0.301. The van der Waals surface area contributed by atoms with Crippen molar-refractivity contribution in [3.05, 3.63) is 42.2 Å². The van der Waals surface area contributed by atoms with E-state index in [-0.39, 0.29) is 0 Å². The second kappa shape index (κ2) is 6.47. The first kappa shape index (κ1) is 13.0. The largest absolute Gasteiger partial charge is 0.377 e. The highest BCUT2D eigenvalue weighted by atomic mass is 16.5. The first-order valence-electron chi connectivity index (χ1n) is 6.41. The van der Waals surface area contributed by atoms with Crippen LogP contribution in [-0.4, -0.2) is 24.2 Å². The van der Waals surface area contributed by atoms with Crippen LogP contribution in [0.4, 0.5) is 0 Å². The Hall–Kier alpha value is -1.45. The van der Waals surface area contributed by atoms with Crippen molar-refractivity contribution in [1.82, 2.24) is 10.3 Å². The summed E-state index contributed by atoms with van der Waals surface area (Å²) >= 11 is 0. The first-order chi connectivity index (χ1) is 8.77. The molecule has 0 amide bonds. The molecule has 1 N–H and O–H groups in total. The lowest BCUT2D eigenvalue weighted by Gasteiger charge is -2.10. The van der Waals surface area contributed by atoms with Crippen molar-refractivity contribution in [2.45, 2.75) is 26.5 Å². The van der Waals surface area contributed by atoms with Crippen molar-refractivity contribution in [3.63, 3.8) is 0 Å². The molecule has 0 spiro atoms. The zero-order valence-corrected chi connectivity index (χ0v) is 11.0. The van der Waals surface area contributed by atoms with Gasteiger partial charge in [-0.25, -0.2) is 0 Å². The minimum Gasteiger partial charge on any atom is -0.377 e. The fourth-order valence-electron chi connectivity index (χ4n) is 1.93. The number of aromatic nitrogens is 1. The summed E-state index contributed by atoms with van der Waals surface area (Å²) in [7, 11) is 0. The van der Waals surface area contributed by atoms with E-state index < -0.39 is 0 Å². The van der Waals surface area contributed by atoms with Crippen LogP contribution >= 0.6 is 0 Å². The molecule has 1 heterocycles. The van der Waals surface area contributed by atoms with Gasteiger partial charge in [-0.3, -0.25) is 4.98 Å². The van der Waals surface area contributed by atoms with Gasteiger partial charge in [0, 0.05) is 30.9 Å². The van der Waals surface area contributed by atoms with Crippen LogP contribution in [0.1, 0.15) is 19.4 Å². The van der Waals surface area contributed by atoms with Gasteiger partial charge in [0.1, 0.15) is 0 Å². The van der Waals surface area contributed by atoms with E-state index in [1.807, 2.05) is 12.4 Å². The van der Waals surface area contributed by atoms with E-state index in [9.17, 15) is 0 Å². The SMILES string of the molecule is CC(C)OCCNCc1cccc2cnccc12. The number of fused-ring (bicyclic) bond motifs is 1. The van der Waals surface area contributed by atoms with Gasteiger partial charge in [0.2, 0.25) is 0 Å². The number of benzene rings is 1. The van der Waals surface area contributed by atoms with Gasteiger partial charge in [-0.15, -0.1) is 0 Å². The van der Waals surface area contributed by atoms with Gasteiger partial charge < -0.3 is 10.1 Å². The predicted molar refractivity (Wildman–Crippen MR) is 74.5 cm³/mol. The average molecular weight is 244 g/mol. The van der Waals surface area contributed by atoms with Crippen LogP contribution in [0, 0.1) is 0 Å². The Labute approximate surface area is 108 Å². The second-order valence-corrected chi connectivity index (χ2v) is 4.61. The monoisotopic (exact) mass is 244 g/mol. The zero-order valence-electron chi connectivity index (χ0n) is 11.0. The third-order valence-electron chi connectivity index (χ3n) is 2.82. The normalized spacial score (nSPS) is 11.3. The maximum Gasteiger partial charge on any atom is 0.0594 e. The van der Waals surface area contributed by atoms with Gasteiger partial charge in [0.05, 0.1) is 12.7 Å². The molecule has 1 aromatic carbocycles. The Morgan fingerprint density at radius 3 is 3.00 bits per heavy atom. The molecular formula is C15H20N2O. The first-order valence-corrected chi connectivity index (χ1v) is 6.41. The van der Waals surface area contributed by atoms with Crippen molar-refractivity contribution in [2.75, 3.05) is 13.2 Å². The summed E-state index contributed by atoms with van der Waals surface area (Å²) in [6.45, 7) is 6.60. The molecule has 0 aliphatic carbocycles. The predicted octanol–water partition coefficient (Wildman–Crippen LogP) is 2.75. The van der Waals surface area contributed by atoms with Gasteiger partial charge in [-0.05, 0) is 30.9 Å². The van der Waals surface area contributed by atoms with Gasteiger partial charge in [0.15, 0.2) is 0 Å². The van der Waals surface area contributed by atoms with Gasteiger partial charge in [-0.2, -0.15) is 0 Å². The molecule has 96 valence electrons. The van der Waals surface area contributed by atoms with Crippen LogP contribution in [0.2, 0.25) is 0 Å². The van der Waals surface area contributed by atoms with Crippen molar-refractivity contribution in [2.24, 2.45) is 0 Å². The molecule has 0 saturated carbocycles. The Morgan fingerprint density at radius 1 is 1.28 bits per heavy atom.